The SMILES string of the molecule is C=CCOc1ccc(C(=O)O)cc1. The fourth-order valence-electron chi connectivity index (χ4n) is 0.849. The predicted molar refractivity (Wildman–Crippen MR) is 49.1 cm³/mol. The summed E-state index contributed by atoms with van der Waals surface area (Å²) >= 11 is 0. The summed E-state index contributed by atoms with van der Waals surface area (Å²) < 4.78 is 5.18. The highest BCUT2D eigenvalue weighted by molar-refractivity contribution is 5.87. The van der Waals surface area contributed by atoms with Gasteiger partial charge in [-0.2, -0.15) is 0 Å². The van der Waals surface area contributed by atoms with Gasteiger partial charge in [-0.3, -0.25) is 0 Å². The van der Waals surface area contributed by atoms with E-state index in [1.807, 2.05) is 0 Å². The summed E-state index contributed by atoms with van der Waals surface area (Å²) in [5.41, 5.74) is 0.256. The summed E-state index contributed by atoms with van der Waals surface area (Å²) in [6, 6.07) is 6.24. The number of carboxylic acids is 1. The molecule has 0 aromatic heterocycles. The number of carboxylic acid groups (broad SMARTS) is 1. The molecule has 1 rings (SSSR count). The third-order valence-corrected chi connectivity index (χ3v) is 1.47. The molecule has 0 heterocycles. The molecule has 0 saturated carbocycles. The molecular formula is C10H10O3. The van der Waals surface area contributed by atoms with Gasteiger partial charge >= 0.3 is 5.97 Å². The molecule has 3 nitrogen and oxygen atoms in total. The molecule has 1 aromatic rings. The summed E-state index contributed by atoms with van der Waals surface area (Å²) in [5, 5.41) is 8.59. The van der Waals surface area contributed by atoms with Crippen LogP contribution in [0.25, 0.3) is 0 Å². The van der Waals surface area contributed by atoms with Crippen LogP contribution in [0.2, 0.25) is 0 Å². The van der Waals surface area contributed by atoms with E-state index in [1.165, 1.54) is 12.1 Å². The molecule has 0 amide bonds. The van der Waals surface area contributed by atoms with Crippen LogP contribution in [-0.4, -0.2) is 17.7 Å². The van der Waals surface area contributed by atoms with Crippen LogP contribution in [0.1, 0.15) is 10.4 Å². The lowest BCUT2D eigenvalue weighted by Gasteiger charge is -2.02. The van der Waals surface area contributed by atoms with Crippen LogP contribution < -0.4 is 4.74 Å². The molecule has 0 atom stereocenters. The van der Waals surface area contributed by atoms with Gasteiger partial charge in [-0.1, -0.05) is 12.7 Å². The van der Waals surface area contributed by atoms with Crippen molar-refractivity contribution in [2.45, 2.75) is 0 Å². The van der Waals surface area contributed by atoms with Crippen LogP contribution >= 0.6 is 0 Å². The number of benzene rings is 1. The second-order valence-corrected chi connectivity index (χ2v) is 2.43. The first-order chi connectivity index (χ1) is 6.24. The average Bonchev–Trinajstić information content (AvgIpc) is 2.15. The third kappa shape index (κ3) is 2.63. The summed E-state index contributed by atoms with van der Waals surface area (Å²) in [6.07, 6.45) is 1.63. The molecule has 13 heavy (non-hydrogen) atoms. The molecule has 0 bridgehead atoms. The maximum absolute atomic E-state index is 10.5. The first-order valence-corrected chi connectivity index (χ1v) is 3.81. The highest BCUT2D eigenvalue weighted by Gasteiger charge is 2.00. The standard InChI is InChI=1S/C10H10O3/c1-2-7-13-9-5-3-8(4-6-9)10(11)12/h2-6H,1,7H2,(H,11,12). The van der Waals surface area contributed by atoms with Crippen molar-refractivity contribution < 1.29 is 14.6 Å². The van der Waals surface area contributed by atoms with Crippen LogP contribution in [-0.2, 0) is 0 Å². The summed E-state index contributed by atoms with van der Waals surface area (Å²) in [4.78, 5) is 10.5. The number of rotatable bonds is 4. The van der Waals surface area contributed by atoms with E-state index in [1.54, 1.807) is 18.2 Å². The molecule has 1 aromatic carbocycles. The monoisotopic (exact) mass is 178 g/mol. The van der Waals surface area contributed by atoms with Gasteiger partial charge in [0.15, 0.2) is 0 Å². The fraction of sp³-hybridized carbons (Fsp3) is 0.100. The van der Waals surface area contributed by atoms with Crippen molar-refractivity contribution in [3.05, 3.63) is 42.5 Å². The fourth-order valence-corrected chi connectivity index (χ4v) is 0.849. The van der Waals surface area contributed by atoms with Gasteiger partial charge in [-0.25, -0.2) is 4.79 Å². The zero-order valence-corrected chi connectivity index (χ0v) is 7.06. The van der Waals surface area contributed by atoms with Crippen molar-refractivity contribution in [2.75, 3.05) is 6.61 Å². The zero-order valence-electron chi connectivity index (χ0n) is 7.06. The number of hydrogen-bond acceptors (Lipinski definition) is 2. The number of carbonyl (C=O) groups is 1. The Morgan fingerprint density at radius 3 is 2.54 bits per heavy atom. The lowest BCUT2D eigenvalue weighted by Crippen LogP contribution is -1.97. The molecule has 0 aliphatic rings. The van der Waals surface area contributed by atoms with Crippen molar-refractivity contribution in [3.63, 3.8) is 0 Å². The largest absolute Gasteiger partial charge is 0.490 e. The number of hydrogen-bond donors (Lipinski definition) is 1. The van der Waals surface area contributed by atoms with Gasteiger partial charge in [0.1, 0.15) is 12.4 Å². The Morgan fingerprint density at radius 1 is 1.46 bits per heavy atom. The minimum atomic E-state index is -0.935. The van der Waals surface area contributed by atoms with Crippen molar-refractivity contribution in [1.29, 1.82) is 0 Å². The normalized spacial score (nSPS) is 9.23. The zero-order chi connectivity index (χ0) is 9.68. The average molecular weight is 178 g/mol. The van der Waals surface area contributed by atoms with E-state index in [9.17, 15) is 4.79 Å². The van der Waals surface area contributed by atoms with E-state index in [0.717, 1.165) is 0 Å². The Labute approximate surface area is 76.3 Å². The predicted octanol–water partition coefficient (Wildman–Crippen LogP) is 1.95. The summed E-state index contributed by atoms with van der Waals surface area (Å²) in [6.45, 7) is 3.93. The van der Waals surface area contributed by atoms with Crippen LogP contribution in [0.15, 0.2) is 36.9 Å². The maximum Gasteiger partial charge on any atom is 0.335 e. The van der Waals surface area contributed by atoms with Gasteiger partial charge in [0.25, 0.3) is 0 Å². The Hall–Kier alpha value is -1.77. The minimum absolute atomic E-state index is 0.256. The number of ether oxygens (including phenoxy) is 1. The maximum atomic E-state index is 10.5. The van der Waals surface area contributed by atoms with Crippen molar-refractivity contribution >= 4 is 5.97 Å². The van der Waals surface area contributed by atoms with Crippen LogP contribution in [0.4, 0.5) is 0 Å². The smallest absolute Gasteiger partial charge is 0.335 e. The molecule has 1 N–H and O–H groups in total. The van der Waals surface area contributed by atoms with Gasteiger partial charge in [-0.05, 0) is 24.3 Å². The minimum Gasteiger partial charge on any atom is -0.490 e. The Balaban J connectivity index is 2.69. The second-order valence-electron chi connectivity index (χ2n) is 2.43. The third-order valence-electron chi connectivity index (χ3n) is 1.47. The molecule has 0 fully saturated rings. The Morgan fingerprint density at radius 2 is 2.08 bits per heavy atom. The second kappa shape index (κ2) is 4.30. The molecule has 0 saturated heterocycles. The van der Waals surface area contributed by atoms with Crippen LogP contribution in [0.3, 0.4) is 0 Å². The van der Waals surface area contributed by atoms with Gasteiger partial charge in [-0.15, -0.1) is 0 Å². The van der Waals surface area contributed by atoms with E-state index in [-0.39, 0.29) is 5.56 Å². The van der Waals surface area contributed by atoms with Crippen molar-refractivity contribution in [2.24, 2.45) is 0 Å². The van der Waals surface area contributed by atoms with Gasteiger partial charge < -0.3 is 9.84 Å². The Bertz CT molecular complexity index is 300. The van der Waals surface area contributed by atoms with Gasteiger partial charge in [0.2, 0.25) is 0 Å². The quantitative estimate of drug-likeness (QED) is 0.717. The molecule has 0 aliphatic heterocycles. The van der Waals surface area contributed by atoms with Crippen LogP contribution in [0, 0.1) is 0 Å². The van der Waals surface area contributed by atoms with E-state index in [0.29, 0.717) is 12.4 Å². The number of aromatic carboxylic acids is 1. The van der Waals surface area contributed by atoms with Gasteiger partial charge in [0.05, 0.1) is 5.56 Å². The highest BCUT2D eigenvalue weighted by atomic mass is 16.5. The molecule has 68 valence electrons. The van der Waals surface area contributed by atoms with E-state index >= 15 is 0 Å². The van der Waals surface area contributed by atoms with Crippen LogP contribution in [0.5, 0.6) is 5.75 Å². The first kappa shape index (κ1) is 9.32. The van der Waals surface area contributed by atoms with E-state index < -0.39 is 5.97 Å². The van der Waals surface area contributed by atoms with Crippen molar-refractivity contribution in [1.82, 2.24) is 0 Å². The lowest BCUT2D eigenvalue weighted by molar-refractivity contribution is 0.0697. The van der Waals surface area contributed by atoms with E-state index in [2.05, 4.69) is 6.58 Å². The summed E-state index contributed by atoms with van der Waals surface area (Å²) in [7, 11) is 0. The van der Waals surface area contributed by atoms with Crippen molar-refractivity contribution in [3.8, 4) is 5.75 Å². The first-order valence-electron chi connectivity index (χ1n) is 3.81. The molecule has 0 radical (unpaired) electrons. The lowest BCUT2D eigenvalue weighted by atomic mass is 10.2. The van der Waals surface area contributed by atoms with E-state index in [4.69, 9.17) is 9.84 Å². The molecule has 3 heteroatoms. The summed E-state index contributed by atoms with van der Waals surface area (Å²) in [5.74, 6) is -0.292. The Kier molecular flexibility index (Phi) is 3.09. The molecule has 0 unspecified atom stereocenters. The molecule has 0 aliphatic carbocycles. The molecule has 0 spiro atoms. The highest BCUT2D eigenvalue weighted by Crippen LogP contribution is 2.11. The topological polar surface area (TPSA) is 46.5 Å². The molecular weight excluding hydrogens is 168 g/mol. The van der Waals surface area contributed by atoms with Gasteiger partial charge in [0, 0.05) is 0 Å².